The van der Waals surface area contributed by atoms with Crippen molar-refractivity contribution in [2.24, 2.45) is 0 Å². The average molecular weight is 284 g/mol. The molecule has 21 heavy (non-hydrogen) atoms. The summed E-state index contributed by atoms with van der Waals surface area (Å²) in [6.45, 7) is 3.91. The molecule has 0 fully saturated rings. The molecule has 0 aliphatic carbocycles. The normalized spacial score (nSPS) is 10.1. The number of amides is 1. The number of nitrogens with one attached hydrogen (secondary N) is 2. The van der Waals surface area contributed by atoms with E-state index >= 15 is 0 Å². The molecule has 1 amide bonds. The fourth-order valence-corrected chi connectivity index (χ4v) is 2.18. The minimum Gasteiger partial charge on any atom is -0.497 e. The van der Waals surface area contributed by atoms with Gasteiger partial charge >= 0.3 is 0 Å². The Hall–Kier alpha value is -2.49. The predicted molar refractivity (Wildman–Crippen MR) is 86.4 cm³/mol. The van der Waals surface area contributed by atoms with Crippen LogP contribution in [0.3, 0.4) is 0 Å². The molecule has 110 valence electrons. The molecule has 0 unspecified atom stereocenters. The fourth-order valence-electron chi connectivity index (χ4n) is 2.18. The third-order valence-corrected chi connectivity index (χ3v) is 3.44. The molecule has 0 saturated carbocycles. The van der Waals surface area contributed by atoms with Gasteiger partial charge in [0.05, 0.1) is 7.11 Å². The van der Waals surface area contributed by atoms with Gasteiger partial charge in [-0.2, -0.15) is 0 Å². The molecule has 0 heterocycles. The number of carbonyl (C=O) groups is 1. The first-order valence-corrected chi connectivity index (χ1v) is 6.79. The zero-order valence-electron chi connectivity index (χ0n) is 12.8. The van der Waals surface area contributed by atoms with Crippen molar-refractivity contribution < 1.29 is 9.53 Å². The maximum Gasteiger partial charge on any atom is 0.255 e. The Morgan fingerprint density at radius 2 is 1.67 bits per heavy atom. The summed E-state index contributed by atoms with van der Waals surface area (Å²) in [7, 11) is 3.49. The van der Waals surface area contributed by atoms with Gasteiger partial charge in [0, 0.05) is 24.0 Å². The molecule has 0 radical (unpaired) electrons. The number of methoxy groups -OCH3 is 1. The van der Waals surface area contributed by atoms with Crippen LogP contribution in [0.25, 0.3) is 0 Å². The van der Waals surface area contributed by atoms with Crippen molar-refractivity contribution in [3.8, 4) is 5.75 Å². The molecule has 4 nitrogen and oxygen atoms in total. The summed E-state index contributed by atoms with van der Waals surface area (Å²) in [6, 6.07) is 11.2. The minimum atomic E-state index is -0.117. The van der Waals surface area contributed by atoms with Gasteiger partial charge in [0.25, 0.3) is 5.91 Å². The molecule has 0 atom stereocenters. The summed E-state index contributed by atoms with van der Waals surface area (Å²) in [4.78, 5) is 12.3. The molecule has 0 saturated heterocycles. The van der Waals surface area contributed by atoms with Crippen LogP contribution in [-0.2, 0) is 0 Å². The number of benzene rings is 2. The van der Waals surface area contributed by atoms with Crippen molar-refractivity contribution in [2.75, 3.05) is 24.8 Å². The summed E-state index contributed by atoms with van der Waals surface area (Å²) < 4.78 is 5.16. The summed E-state index contributed by atoms with van der Waals surface area (Å²) in [6.07, 6.45) is 0. The maximum atomic E-state index is 12.3. The van der Waals surface area contributed by atoms with E-state index in [0.717, 1.165) is 28.3 Å². The lowest BCUT2D eigenvalue weighted by molar-refractivity contribution is 0.102. The lowest BCUT2D eigenvalue weighted by Crippen LogP contribution is -2.13. The highest BCUT2D eigenvalue weighted by Crippen LogP contribution is 2.22. The van der Waals surface area contributed by atoms with Gasteiger partial charge < -0.3 is 15.4 Å². The third-order valence-electron chi connectivity index (χ3n) is 3.44. The van der Waals surface area contributed by atoms with Gasteiger partial charge in [-0.3, -0.25) is 4.79 Å². The van der Waals surface area contributed by atoms with E-state index in [1.807, 2.05) is 57.3 Å². The molecule has 0 spiro atoms. The van der Waals surface area contributed by atoms with Crippen LogP contribution in [0, 0.1) is 13.8 Å². The van der Waals surface area contributed by atoms with E-state index in [2.05, 4.69) is 10.6 Å². The Kier molecular flexibility index (Phi) is 4.48. The van der Waals surface area contributed by atoms with Gasteiger partial charge in [0.1, 0.15) is 5.75 Å². The lowest BCUT2D eigenvalue weighted by atomic mass is 10.1. The Labute approximate surface area is 125 Å². The van der Waals surface area contributed by atoms with E-state index < -0.39 is 0 Å². The smallest absolute Gasteiger partial charge is 0.255 e. The molecule has 2 N–H and O–H groups in total. The number of rotatable bonds is 4. The topological polar surface area (TPSA) is 50.4 Å². The summed E-state index contributed by atoms with van der Waals surface area (Å²) in [5, 5.41) is 6.01. The SMILES string of the molecule is CNc1ccc(C(=O)Nc2ccc(OC)cc2C)cc1C. The molecule has 4 heteroatoms. The van der Waals surface area contributed by atoms with E-state index in [-0.39, 0.29) is 5.91 Å². The number of carbonyl (C=O) groups excluding carboxylic acids is 1. The number of hydrogen-bond acceptors (Lipinski definition) is 3. The minimum absolute atomic E-state index is 0.117. The van der Waals surface area contributed by atoms with Crippen LogP contribution < -0.4 is 15.4 Å². The lowest BCUT2D eigenvalue weighted by Gasteiger charge is -2.11. The van der Waals surface area contributed by atoms with Crippen LogP contribution in [-0.4, -0.2) is 20.1 Å². The van der Waals surface area contributed by atoms with Crippen LogP contribution in [0.4, 0.5) is 11.4 Å². The zero-order valence-corrected chi connectivity index (χ0v) is 12.8. The first kappa shape index (κ1) is 14.9. The monoisotopic (exact) mass is 284 g/mol. The Balaban J connectivity index is 2.20. The second-order valence-corrected chi connectivity index (χ2v) is 4.91. The second-order valence-electron chi connectivity index (χ2n) is 4.91. The molecular formula is C17H20N2O2. The molecule has 0 aliphatic rings. The van der Waals surface area contributed by atoms with Crippen LogP contribution in [0.5, 0.6) is 5.75 Å². The highest BCUT2D eigenvalue weighted by atomic mass is 16.5. The quantitative estimate of drug-likeness (QED) is 0.901. The largest absolute Gasteiger partial charge is 0.497 e. The van der Waals surface area contributed by atoms with Crippen molar-refractivity contribution in [1.82, 2.24) is 0 Å². The molecule has 0 aromatic heterocycles. The molecule has 0 aliphatic heterocycles. The van der Waals surface area contributed by atoms with Crippen molar-refractivity contribution in [3.05, 3.63) is 53.1 Å². The number of aryl methyl sites for hydroxylation is 2. The van der Waals surface area contributed by atoms with Gasteiger partial charge in [-0.15, -0.1) is 0 Å². The van der Waals surface area contributed by atoms with Crippen LogP contribution in [0.1, 0.15) is 21.5 Å². The van der Waals surface area contributed by atoms with Crippen molar-refractivity contribution >= 4 is 17.3 Å². The molecule has 2 aromatic rings. The maximum absolute atomic E-state index is 12.3. The first-order chi connectivity index (χ1) is 10.0. The van der Waals surface area contributed by atoms with Gasteiger partial charge in [-0.25, -0.2) is 0 Å². The summed E-state index contributed by atoms with van der Waals surface area (Å²) in [5.41, 5.74) is 4.45. The van der Waals surface area contributed by atoms with Gasteiger partial charge in [0.15, 0.2) is 0 Å². The third kappa shape index (κ3) is 3.34. The number of hydrogen-bond donors (Lipinski definition) is 2. The molecule has 2 aromatic carbocycles. The summed E-state index contributed by atoms with van der Waals surface area (Å²) in [5.74, 6) is 0.661. The molecule has 2 rings (SSSR count). The standard InChI is InChI=1S/C17H20N2O2/c1-11-9-13(5-7-15(11)18-3)17(20)19-16-8-6-14(21-4)10-12(16)2/h5-10,18H,1-4H3,(H,19,20). The fraction of sp³-hybridized carbons (Fsp3) is 0.235. The van der Waals surface area contributed by atoms with E-state index in [9.17, 15) is 4.79 Å². The van der Waals surface area contributed by atoms with Crippen molar-refractivity contribution in [3.63, 3.8) is 0 Å². The van der Waals surface area contributed by atoms with E-state index in [0.29, 0.717) is 5.56 Å². The highest BCUT2D eigenvalue weighted by Gasteiger charge is 2.09. The first-order valence-electron chi connectivity index (χ1n) is 6.79. The Bertz CT molecular complexity index is 666. The van der Waals surface area contributed by atoms with Crippen molar-refractivity contribution in [1.29, 1.82) is 0 Å². The predicted octanol–water partition coefficient (Wildman–Crippen LogP) is 3.61. The summed E-state index contributed by atoms with van der Waals surface area (Å²) >= 11 is 0. The second kappa shape index (κ2) is 6.31. The van der Waals surface area contributed by atoms with Gasteiger partial charge in [-0.1, -0.05) is 0 Å². The molecule has 0 bridgehead atoms. The Morgan fingerprint density at radius 1 is 1.00 bits per heavy atom. The van der Waals surface area contributed by atoms with Crippen LogP contribution in [0.2, 0.25) is 0 Å². The molecular weight excluding hydrogens is 264 g/mol. The number of ether oxygens (including phenoxy) is 1. The van der Waals surface area contributed by atoms with Gasteiger partial charge in [-0.05, 0) is 61.4 Å². The average Bonchev–Trinajstić information content (AvgIpc) is 2.49. The van der Waals surface area contributed by atoms with E-state index in [4.69, 9.17) is 4.74 Å². The number of anilines is 2. The van der Waals surface area contributed by atoms with Crippen molar-refractivity contribution in [2.45, 2.75) is 13.8 Å². The van der Waals surface area contributed by atoms with E-state index in [1.54, 1.807) is 7.11 Å². The van der Waals surface area contributed by atoms with Crippen LogP contribution >= 0.6 is 0 Å². The Morgan fingerprint density at radius 3 is 2.24 bits per heavy atom. The zero-order chi connectivity index (χ0) is 15.4. The highest BCUT2D eigenvalue weighted by molar-refractivity contribution is 6.05. The van der Waals surface area contributed by atoms with Gasteiger partial charge in [0.2, 0.25) is 0 Å². The van der Waals surface area contributed by atoms with E-state index in [1.165, 1.54) is 0 Å². The van der Waals surface area contributed by atoms with Crippen LogP contribution in [0.15, 0.2) is 36.4 Å².